The van der Waals surface area contributed by atoms with Crippen molar-refractivity contribution >= 4 is 21.8 Å². The van der Waals surface area contributed by atoms with Gasteiger partial charge in [-0.2, -0.15) is 0 Å². The molecule has 1 saturated carbocycles. The number of benzene rings is 1. The highest BCUT2D eigenvalue weighted by Gasteiger charge is 2.20. The molecule has 0 saturated heterocycles. The Balaban J connectivity index is 1.57. The van der Waals surface area contributed by atoms with Crippen LogP contribution in [0.1, 0.15) is 29.6 Å². The number of rotatable bonds is 7. The molecule has 1 aromatic rings. The second kappa shape index (κ2) is 6.90. The minimum atomic E-state index is -0.0234. The number of halogens is 1. The van der Waals surface area contributed by atoms with E-state index in [-0.39, 0.29) is 5.91 Å². The molecule has 1 N–H and O–H groups in total. The number of ether oxygens (including phenoxy) is 1. The minimum absolute atomic E-state index is 0.0234. The van der Waals surface area contributed by atoms with Crippen LogP contribution >= 0.6 is 15.9 Å². The maximum Gasteiger partial charge on any atom is 0.251 e. The molecule has 0 radical (unpaired) electrons. The second-order valence-electron chi connectivity index (χ2n) is 4.63. The predicted molar refractivity (Wildman–Crippen MR) is 74.6 cm³/mol. The standard InChI is InChI=1S/C14H18BrNO2/c15-13-6-4-12(5-7-13)14(17)16-8-1-9-18-10-11-2-3-11/h4-7,11H,1-3,8-10H2,(H,16,17). The first kappa shape index (κ1) is 13.6. The Morgan fingerprint density at radius 2 is 2.06 bits per heavy atom. The first-order chi connectivity index (χ1) is 8.75. The van der Waals surface area contributed by atoms with Gasteiger partial charge in [-0.3, -0.25) is 4.79 Å². The number of nitrogens with one attached hydrogen (secondary N) is 1. The topological polar surface area (TPSA) is 38.3 Å². The highest BCUT2D eigenvalue weighted by molar-refractivity contribution is 9.10. The number of hydrogen-bond donors (Lipinski definition) is 1. The second-order valence-corrected chi connectivity index (χ2v) is 5.55. The lowest BCUT2D eigenvalue weighted by atomic mass is 10.2. The van der Waals surface area contributed by atoms with Gasteiger partial charge in [0, 0.05) is 29.8 Å². The van der Waals surface area contributed by atoms with E-state index in [1.165, 1.54) is 12.8 Å². The van der Waals surface area contributed by atoms with Gasteiger partial charge in [-0.1, -0.05) is 15.9 Å². The summed E-state index contributed by atoms with van der Waals surface area (Å²) in [6.45, 7) is 2.29. The molecular formula is C14H18BrNO2. The molecule has 1 aliphatic rings. The molecule has 0 bridgehead atoms. The van der Waals surface area contributed by atoms with Gasteiger partial charge in [-0.15, -0.1) is 0 Å². The summed E-state index contributed by atoms with van der Waals surface area (Å²) in [6, 6.07) is 7.35. The van der Waals surface area contributed by atoms with Crippen molar-refractivity contribution in [3.05, 3.63) is 34.3 Å². The van der Waals surface area contributed by atoms with Crippen molar-refractivity contribution in [2.45, 2.75) is 19.3 Å². The minimum Gasteiger partial charge on any atom is -0.381 e. The number of carbonyl (C=O) groups excluding carboxylic acids is 1. The summed E-state index contributed by atoms with van der Waals surface area (Å²) in [5, 5.41) is 2.89. The number of amides is 1. The lowest BCUT2D eigenvalue weighted by Gasteiger charge is -2.06. The number of hydrogen-bond acceptors (Lipinski definition) is 2. The van der Waals surface area contributed by atoms with Gasteiger partial charge in [0.2, 0.25) is 0 Å². The van der Waals surface area contributed by atoms with Crippen molar-refractivity contribution in [1.82, 2.24) is 5.32 Å². The zero-order chi connectivity index (χ0) is 12.8. The number of carbonyl (C=O) groups is 1. The monoisotopic (exact) mass is 311 g/mol. The normalized spacial score (nSPS) is 14.5. The van der Waals surface area contributed by atoms with Crippen molar-refractivity contribution in [3.8, 4) is 0 Å². The molecule has 1 fully saturated rings. The fraction of sp³-hybridized carbons (Fsp3) is 0.500. The van der Waals surface area contributed by atoms with E-state index in [1.807, 2.05) is 24.3 Å². The van der Waals surface area contributed by atoms with Crippen molar-refractivity contribution < 1.29 is 9.53 Å². The molecular weight excluding hydrogens is 294 g/mol. The maximum atomic E-state index is 11.7. The van der Waals surface area contributed by atoms with Gasteiger partial charge in [0.15, 0.2) is 0 Å². The van der Waals surface area contributed by atoms with E-state index >= 15 is 0 Å². The van der Waals surface area contributed by atoms with E-state index in [0.29, 0.717) is 12.1 Å². The van der Waals surface area contributed by atoms with Crippen LogP contribution in [0.5, 0.6) is 0 Å². The molecule has 98 valence electrons. The summed E-state index contributed by atoms with van der Waals surface area (Å²) < 4.78 is 6.48. The van der Waals surface area contributed by atoms with Crippen LogP contribution in [0, 0.1) is 5.92 Å². The quantitative estimate of drug-likeness (QED) is 0.786. The molecule has 2 rings (SSSR count). The van der Waals surface area contributed by atoms with E-state index in [9.17, 15) is 4.79 Å². The lowest BCUT2D eigenvalue weighted by Crippen LogP contribution is -2.25. The summed E-state index contributed by atoms with van der Waals surface area (Å²) in [6.07, 6.45) is 3.51. The third-order valence-electron chi connectivity index (χ3n) is 2.91. The Bertz CT molecular complexity index is 387. The summed E-state index contributed by atoms with van der Waals surface area (Å²) in [7, 11) is 0. The summed E-state index contributed by atoms with van der Waals surface area (Å²) in [5.41, 5.74) is 0.692. The molecule has 0 spiro atoms. The fourth-order valence-electron chi connectivity index (χ4n) is 1.61. The van der Waals surface area contributed by atoms with E-state index in [1.54, 1.807) is 0 Å². The van der Waals surface area contributed by atoms with Crippen LogP contribution in [0.2, 0.25) is 0 Å². The molecule has 18 heavy (non-hydrogen) atoms. The first-order valence-corrected chi connectivity index (χ1v) is 7.16. The maximum absolute atomic E-state index is 11.7. The Hall–Kier alpha value is -0.870. The van der Waals surface area contributed by atoms with Gasteiger partial charge in [-0.25, -0.2) is 0 Å². The molecule has 0 aromatic heterocycles. The molecule has 3 nitrogen and oxygen atoms in total. The van der Waals surface area contributed by atoms with Gasteiger partial charge < -0.3 is 10.1 Å². The Kier molecular flexibility index (Phi) is 5.20. The van der Waals surface area contributed by atoms with Crippen LogP contribution < -0.4 is 5.32 Å². The molecule has 0 aliphatic heterocycles. The van der Waals surface area contributed by atoms with Gasteiger partial charge >= 0.3 is 0 Å². The summed E-state index contributed by atoms with van der Waals surface area (Å²) in [5.74, 6) is 0.784. The zero-order valence-electron chi connectivity index (χ0n) is 10.3. The average molecular weight is 312 g/mol. The average Bonchev–Trinajstić information content (AvgIpc) is 3.18. The first-order valence-electron chi connectivity index (χ1n) is 6.37. The van der Waals surface area contributed by atoms with Crippen LogP contribution in [0.4, 0.5) is 0 Å². The predicted octanol–water partition coefficient (Wildman–Crippen LogP) is 3.00. The molecule has 1 amide bonds. The van der Waals surface area contributed by atoms with Crippen molar-refractivity contribution in [3.63, 3.8) is 0 Å². The van der Waals surface area contributed by atoms with Gasteiger partial charge in [0.25, 0.3) is 5.91 Å². The van der Waals surface area contributed by atoms with E-state index < -0.39 is 0 Å². The Labute approximate surface area is 116 Å². The molecule has 0 heterocycles. The third kappa shape index (κ3) is 4.78. The SMILES string of the molecule is O=C(NCCCOCC1CC1)c1ccc(Br)cc1. The third-order valence-corrected chi connectivity index (χ3v) is 3.44. The van der Waals surface area contributed by atoms with Crippen LogP contribution in [0.3, 0.4) is 0 Å². The van der Waals surface area contributed by atoms with Crippen LogP contribution in [-0.4, -0.2) is 25.7 Å². The Morgan fingerprint density at radius 3 is 2.72 bits per heavy atom. The van der Waals surface area contributed by atoms with Crippen molar-refractivity contribution in [1.29, 1.82) is 0 Å². The van der Waals surface area contributed by atoms with E-state index in [2.05, 4.69) is 21.2 Å². The lowest BCUT2D eigenvalue weighted by molar-refractivity contribution is 0.0937. The van der Waals surface area contributed by atoms with Crippen molar-refractivity contribution in [2.24, 2.45) is 5.92 Å². The van der Waals surface area contributed by atoms with Crippen LogP contribution in [-0.2, 0) is 4.74 Å². The van der Waals surface area contributed by atoms with Crippen LogP contribution in [0.15, 0.2) is 28.7 Å². The molecule has 1 aromatic carbocycles. The fourth-order valence-corrected chi connectivity index (χ4v) is 1.88. The van der Waals surface area contributed by atoms with Crippen LogP contribution in [0.25, 0.3) is 0 Å². The van der Waals surface area contributed by atoms with Gasteiger partial charge in [0.05, 0.1) is 0 Å². The largest absolute Gasteiger partial charge is 0.381 e. The Morgan fingerprint density at radius 1 is 1.33 bits per heavy atom. The molecule has 0 atom stereocenters. The molecule has 0 unspecified atom stereocenters. The highest BCUT2D eigenvalue weighted by atomic mass is 79.9. The zero-order valence-corrected chi connectivity index (χ0v) is 11.9. The highest BCUT2D eigenvalue weighted by Crippen LogP contribution is 2.28. The van der Waals surface area contributed by atoms with E-state index in [0.717, 1.165) is 30.0 Å². The smallest absolute Gasteiger partial charge is 0.251 e. The molecule has 1 aliphatic carbocycles. The van der Waals surface area contributed by atoms with Crippen molar-refractivity contribution in [2.75, 3.05) is 19.8 Å². The summed E-state index contributed by atoms with van der Waals surface area (Å²) >= 11 is 3.34. The van der Waals surface area contributed by atoms with Gasteiger partial charge in [0.1, 0.15) is 0 Å². The molecule has 4 heteroatoms. The van der Waals surface area contributed by atoms with E-state index in [4.69, 9.17) is 4.74 Å². The summed E-state index contributed by atoms with van der Waals surface area (Å²) in [4.78, 5) is 11.7. The van der Waals surface area contributed by atoms with Gasteiger partial charge in [-0.05, 0) is 49.4 Å².